The highest BCUT2D eigenvalue weighted by Gasteiger charge is 2.32. The molecule has 2 saturated carbocycles. The van der Waals surface area contributed by atoms with Crippen LogP contribution in [0.4, 0.5) is 4.79 Å². The zero-order chi connectivity index (χ0) is 19.8. The summed E-state index contributed by atoms with van der Waals surface area (Å²) in [6.07, 6.45) is 10.7. The van der Waals surface area contributed by atoms with Gasteiger partial charge >= 0.3 is 6.03 Å². The second-order valence-electron chi connectivity index (χ2n) is 8.13. The number of carbonyl (C=O) groups is 3. The Hall–Kier alpha value is -2.17. The smallest absolute Gasteiger partial charge is 0.324 e. The molecule has 0 aliphatic heterocycles. The molecule has 152 valence electrons. The van der Waals surface area contributed by atoms with Crippen LogP contribution in [0.15, 0.2) is 30.3 Å². The summed E-state index contributed by atoms with van der Waals surface area (Å²) < 4.78 is 0. The van der Waals surface area contributed by atoms with Gasteiger partial charge < -0.3 is 5.32 Å². The number of nitrogens with one attached hydrogen (secondary N) is 1. The molecule has 0 bridgehead atoms. The number of hydrogen-bond donors (Lipinski definition) is 1. The first kappa shape index (κ1) is 20.6. The van der Waals surface area contributed by atoms with E-state index in [9.17, 15) is 14.4 Å². The molecular formula is C23H32N2O3. The highest BCUT2D eigenvalue weighted by molar-refractivity contribution is 6.00. The molecule has 5 heteroatoms. The normalized spacial score (nSPS) is 18.4. The van der Waals surface area contributed by atoms with Crippen LogP contribution in [0.3, 0.4) is 0 Å². The summed E-state index contributed by atoms with van der Waals surface area (Å²) in [7, 11) is 0. The van der Waals surface area contributed by atoms with Gasteiger partial charge in [-0.15, -0.1) is 0 Å². The average molecular weight is 385 g/mol. The Morgan fingerprint density at radius 3 is 2.07 bits per heavy atom. The van der Waals surface area contributed by atoms with E-state index in [-0.39, 0.29) is 42.6 Å². The molecule has 0 radical (unpaired) electrons. The quantitative estimate of drug-likeness (QED) is 0.713. The first-order valence-corrected chi connectivity index (χ1v) is 10.9. The summed E-state index contributed by atoms with van der Waals surface area (Å²) in [5, 5.41) is 3.10. The predicted octanol–water partition coefficient (Wildman–Crippen LogP) is 4.85. The molecule has 2 fully saturated rings. The zero-order valence-corrected chi connectivity index (χ0v) is 16.7. The summed E-state index contributed by atoms with van der Waals surface area (Å²) in [5.41, 5.74) is 0.617. The molecule has 1 N–H and O–H groups in total. The third-order valence-electron chi connectivity index (χ3n) is 6.02. The number of benzene rings is 1. The van der Waals surface area contributed by atoms with Crippen molar-refractivity contribution in [3.8, 4) is 0 Å². The lowest BCUT2D eigenvalue weighted by molar-refractivity contribution is -0.130. The van der Waals surface area contributed by atoms with Crippen LogP contribution in [-0.2, 0) is 4.79 Å². The van der Waals surface area contributed by atoms with E-state index in [4.69, 9.17) is 0 Å². The summed E-state index contributed by atoms with van der Waals surface area (Å²) in [4.78, 5) is 39.8. The second kappa shape index (κ2) is 10.4. The molecule has 2 aliphatic rings. The Bertz CT molecular complexity index is 662. The SMILES string of the molecule is O=C(CCC(=O)N(C(=O)NC1CCCCC1)C1CCCCC1)c1ccccc1. The van der Waals surface area contributed by atoms with Gasteiger partial charge in [-0.2, -0.15) is 0 Å². The van der Waals surface area contributed by atoms with Gasteiger partial charge in [0.1, 0.15) is 0 Å². The van der Waals surface area contributed by atoms with Crippen molar-refractivity contribution >= 4 is 17.7 Å². The van der Waals surface area contributed by atoms with E-state index in [0.717, 1.165) is 57.8 Å². The number of ketones is 1. The van der Waals surface area contributed by atoms with Crippen molar-refractivity contribution < 1.29 is 14.4 Å². The molecule has 0 aromatic heterocycles. The Balaban J connectivity index is 1.62. The number of Topliss-reactive ketones (excluding diaryl/α,β-unsaturated/α-hetero) is 1. The number of urea groups is 1. The molecule has 3 rings (SSSR count). The van der Waals surface area contributed by atoms with Crippen LogP contribution in [-0.4, -0.2) is 34.7 Å². The van der Waals surface area contributed by atoms with Crippen LogP contribution < -0.4 is 5.32 Å². The summed E-state index contributed by atoms with van der Waals surface area (Å²) in [5.74, 6) is -0.269. The Morgan fingerprint density at radius 1 is 0.821 bits per heavy atom. The molecule has 0 spiro atoms. The minimum absolute atomic E-state index is 0.0309. The molecule has 2 aliphatic carbocycles. The summed E-state index contributed by atoms with van der Waals surface area (Å²) >= 11 is 0. The molecule has 1 aromatic carbocycles. The molecule has 28 heavy (non-hydrogen) atoms. The number of amides is 3. The second-order valence-corrected chi connectivity index (χ2v) is 8.13. The van der Waals surface area contributed by atoms with E-state index in [1.165, 1.54) is 11.3 Å². The van der Waals surface area contributed by atoms with E-state index >= 15 is 0 Å². The fourth-order valence-electron chi connectivity index (χ4n) is 4.42. The monoisotopic (exact) mass is 384 g/mol. The molecule has 0 unspecified atom stereocenters. The number of imide groups is 1. The van der Waals surface area contributed by atoms with Gasteiger partial charge in [-0.3, -0.25) is 14.5 Å². The lowest BCUT2D eigenvalue weighted by atomic mass is 9.93. The van der Waals surface area contributed by atoms with Crippen LogP contribution in [0.25, 0.3) is 0 Å². The maximum Gasteiger partial charge on any atom is 0.324 e. The first-order valence-electron chi connectivity index (χ1n) is 10.9. The Kier molecular flexibility index (Phi) is 7.63. The van der Waals surface area contributed by atoms with Crippen LogP contribution in [0.2, 0.25) is 0 Å². The summed E-state index contributed by atoms with van der Waals surface area (Å²) in [6, 6.07) is 8.92. The first-order chi connectivity index (χ1) is 13.6. The van der Waals surface area contributed by atoms with Gasteiger partial charge in [-0.1, -0.05) is 68.9 Å². The zero-order valence-electron chi connectivity index (χ0n) is 16.7. The maximum atomic E-state index is 13.0. The van der Waals surface area contributed by atoms with Gasteiger partial charge in [0.25, 0.3) is 0 Å². The van der Waals surface area contributed by atoms with E-state index in [0.29, 0.717) is 5.56 Å². The van der Waals surface area contributed by atoms with Crippen molar-refractivity contribution in [2.45, 2.75) is 89.1 Å². The fourth-order valence-corrected chi connectivity index (χ4v) is 4.42. The van der Waals surface area contributed by atoms with Crippen molar-refractivity contribution in [2.75, 3.05) is 0 Å². The van der Waals surface area contributed by atoms with E-state index in [1.54, 1.807) is 12.1 Å². The molecular weight excluding hydrogens is 352 g/mol. The van der Waals surface area contributed by atoms with Gasteiger partial charge in [0, 0.05) is 30.5 Å². The number of carbonyl (C=O) groups excluding carboxylic acids is 3. The molecule has 5 nitrogen and oxygen atoms in total. The third-order valence-corrected chi connectivity index (χ3v) is 6.02. The number of nitrogens with zero attached hydrogens (tertiary/aromatic N) is 1. The topological polar surface area (TPSA) is 66.5 Å². The minimum Gasteiger partial charge on any atom is -0.335 e. The number of hydrogen-bond acceptors (Lipinski definition) is 3. The van der Waals surface area contributed by atoms with Gasteiger partial charge in [0.2, 0.25) is 5.91 Å². The van der Waals surface area contributed by atoms with Crippen molar-refractivity contribution in [3.63, 3.8) is 0 Å². The van der Waals surface area contributed by atoms with Crippen LogP contribution in [0.1, 0.15) is 87.4 Å². The fraction of sp³-hybridized carbons (Fsp3) is 0.609. The van der Waals surface area contributed by atoms with Gasteiger partial charge in [-0.05, 0) is 25.7 Å². The Labute approximate surface area is 167 Å². The average Bonchev–Trinajstić information content (AvgIpc) is 2.74. The lowest BCUT2D eigenvalue weighted by Gasteiger charge is -2.34. The van der Waals surface area contributed by atoms with E-state index in [2.05, 4.69) is 5.32 Å². The van der Waals surface area contributed by atoms with Gasteiger partial charge in [-0.25, -0.2) is 4.79 Å². The van der Waals surface area contributed by atoms with Gasteiger partial charge in [0.05, 0.1) is 0 Å². The maximum absolute atomic E-state index is 13.0. The van der Waals surface area contributed by atoms with Gasteiger partial charge in [0.15, 0.2) is 5.78 Å². The Morgan fingerprint density at radius 2 is 1.43 bits per heavy atom. The highest BCUT2D eigenvalue weighted by atomic mass is 16.2. The van der Waals surface area contributed by atoms with Crippen molar-refractivity contribution in [2.24, 2.45) is 0 Å². The van der Waals surface area contributed by atoms with Crippen LogP contribution >= 0.6 is 0 Å². The molecule has 0 heterocycles. The van der Waals surface area contributed by atoms with E-state index in [1.807, 2.05) is 18.2 Å². The third kappa shape index (κ3) is 5.66. The lowest BCUT2D eigenvalue weighted by Crippen LogP contribution is -2.52. The standard InChI is InChI=1S/C23H32N2O3/c26-21(18-10-4-1-5-11-18)16-17-22(27)25(20-14-8-3-9-15-20)23(28)24-19-12-6-2-7-13-19/h1,4-5,10-11,19-20H,2-3,6-9,12-17H2,(H,24,28). The summed E-state index contributed by atoms with van der Waals surface area (Å²) in [6.45, 7) is 0. The molecule has 0 saturated heterocycles. The van der Waals surface area contributed by atoms with Crippen molar-refractivity contribution in [1.82, 2.24) is 10.2 Å². The molecule has 1 aromatic rings. The predicted molar refractivity (Wildman–Crippen MR) is 109 cm³/mol. The van der Waals surface area contributed by atoms with Crippen LogP contribution in [0.5, 0.6) is 0 Å². The molecule has 0 atom stereocenters. The number of rotatable bonds is 6. The van der Waals surface area contributed by atoms with Crippen molar-refractivity contribution in [3.05, 3.63) is 35.9 Å². The highest BCUT2D eigenvalue weighted by Crippen LogP contribution is 2.25. The largest absolute Gasteiger partial charge is 0.335 e. The van der Waals surface area contributed by atoms with Crippen LogP contribution in [0, 0.1) is 0 Å². The minimum atomic E-state index is -0.254. The van der Waals surface area contributed by atoms with Crippen molar-refractivity contribution in [1.29, 1.82) is 0 Å². The molecule has 3 amide bonds. The van der Waals surface area contributed by atoms with E-state index < -0.39 is 0 Å².